The van der Waals surface area contributed by atoms with E-state index in [2.05, 4.69) is 52.7 Å². The van der Waals surface area contributed by atoms with Crippen LogP contribution >= 0.6 is 0 Å². The van der Waals surface area contributed by atoms with E-state index >= 15 is 0 Å². The molecule has 0 aliphatic carbocycles. The van der Waals surface area contributed by atoms with Gasteiger partial charge in [-0.25, -0.2) is 8.42 Å². The van der Waals surface area contributed by atoms with Crippen LogP contribution in [0.25, 0.3) is 4.91 Å². The van der Waals surface area contributed by atoms with Gasteiger partial charge in [-0.3, -0.25) is 9.71 Å². The number of aryl methyl sites for hydroxylation is 3. The molecule has 1 heterocycles. The lowest BCUT2D eigenvalue weighted by Gasteiger charge is -2.23. The molecule has 0 amide bonds. The number of rotatable bonds is 7. The van der Waals surface area contributed by atoms with Gasteiger partial charge in [0.2, 0.25) is 0 Å². The van der Waals surface area contributed by atoms with Gasteiger partial charge in [-0.05, 0) is 75.4 Å². The monoisotopic (exact) mass is 425 g/mol. The van der Waals surface area contributed by atoms with Gasteiger partial charge >= 0.3 is 0 Å². The Kier molecular flexibility index (Phi) is 6.66. The summed E-state index contributed by atoms with van der Waals surface area (Å²) in [6, 6.07) is 14.2. The van der Waals surface area contributed by atoms with Crippen LogP contribution in [0.3, 0.4) is 0 Å². The van der Waals surface area contributed by atoms with E-state index in [9.17, 15) is 8.42 Å². The smallest absolute Gasteiger partial charge is 0.264 e. The third-order valence-electron chi connectivity index (χ3n) is 5.57. The van der Waals surface area contributed by atoms with E-state index in [0.29, 0.717) is 28.4 Å². The van der Waals surface area contributed by atoms with Crippen molar-refractivity contribution in [3.63, 3.8) is 0 Å². The summed E-state index contributed by atoms with van der Waals surface area (Å²) >= 11 is 0. The first kappa shape index (κ1) is 22.1. The van der Waals surface area contributed by atoms with Crippen molar-refractivity contribution < 1.29 is 8.42 Å². The van der Waals surface area contributed by atoms with Gasteiger partial charge in [0.25, 0.3) is 10.0 Å². The first-order valence-electron chi connectivity index (χ1n) is 10.4. The van der Waals surface area contributed by atoms with E-state index in [0.717, 1.165) is 30.6 Å². The predicted octanol–water partition coefficient (Wildman–Crippen LogP) is 4.59. The van der Waals surface area contributed by atoms with E-state index < -0.39 is 10.0 Å². The van der Waals surface area contributed by atoms with Crippen molar-refractivity contribution in [1.29, 1.82) is 0 Å². The fourth-order valence-corrected chi connectivity index (χ4v) is 5.23. The zero-order chi connectivity index (χ0) is 21.9. The van der Waals surface area contributed by atoms with Crippen molar-refractivity contribution in [2.24, 2.45) is 4.99 Å². The molecular weight excluding hydrogens is 394 g/mol. The van der Waals surface area contributed by atoms with E-state index in [1.54, 1.807) is 0 Å². The molecule has 0 radical (unpaired) electrons. The molecule has 6 heteroatoms. The third-order valence-corrected chi connectivity index (χ3v) is 7.11. The summed E-state index contributed by atoms with van der Waals surface area (Å²) in [6.45, 7) is 12.4. The molecule has 2 aromatic rings. The standard InChI is InChI=1S/C24H31N3O2S/c1-6-27(22-10-7-9-17(2)15-22)14-8-13-25-24-20(5)23(30(28,29)26-24)21-12-11-18(3)19(4)16-21/h7,9-12,15-16H,6,8,13-14H2,1-5H3,(H,25,26). The Labute approximate surface area is 180 Å². The zero-order valence-corrected chi connectivity index (χ0v) is 19.3. The van der Waals surface area contributed by atoms with E-state index in [1.165, 1.54) is 11.3 Å². The van der Waals surface area contributed by atoms with Gasteiger partial charge in [-0.1, -0.05) is 30.3 Å². The average Bonchev–Trinajstić information content (AvgIpc) is 2.92. The van der Waals surface area contributed by atoms with Gasteiger partial charge in [0.15, 0.2) is 0 Å². The van der Waals surface area contributed by atoms with Gasteiger partial charge in [0, 0.05) is 30.9 Å². The van der Waals surface area contributed by atoms with Crippen LogP contribution in [-0.2, 0) is 10.0 Å². The third kappa shape index (κ3) is 4.75. The molecule has 1 N–H and O–H groups in total. The summed E-state index contributed by atoms with van der Waals surface area (Å²) < 4.78 is 28.1. The van der Waals surface area contributed by atoms with Crippen LogP contribution in [0.4, 0.5) is 5.69 Å². The minimum Gasteiger partial charge on any atom is -0.372 e. The van der Waals surface area contributed by atoms with Crippen LogP contribution in [-0.4, -0.2) is 33.9 Å². The highest BCUT2D eigenvalue weighted by molar-refractivity contribution is 8.00. The summed E-state index contributed by atoms with van der Waals surface area (Å²) in [5.41, 5.74) is 6.06. The maximum absolute atomic E-state index is 12.7. The summed E-state index contributed by atoms with van der Waals surface area (Å²) in [4.78, 5) is 7.22. The fraction of sp³-hybridized carbons (Fsp3) is 0.375. The minimum absolute atomic E-state index is 0.333. The van der Waals surface area contributed by atoms with Crippen molar-refractivity contribution in [2.75, 3.05) is 24.5 Å². The first-order chi connectivity index (χ1) is 14.2. The Morgan fingerprint density at radius 1 is 1.00 bits per heavy atom. The molecule has 0 saturated heterocycles. The number of amidine groups is 1. The molecule has 0 bridgehead atoms. The van der Waals surface area contributed by atoms with Crippen LogP contribution in [0.1, 0.15) is 42.5 Å². The molecule has 5 nitrogen and oxygen atoms in total. The molecule has 0 unspecified atom stereocenters. The van der Waals surface area contributed by atoms with Crippen LogP contribution in [0, 0.1) is 20.8 Å². The quantitative estimate of drug-likeness (QED) is 0.660. The number of hydrogen-bond acceptors (Lipinski definition) is 4. The van der Waals surface area contributed by atoms with Gasteiger partial charge in [0.05, 0.1) is 0 Å². The van der Waals surface area contributed by atoms with Crippen LogP contribution in [0.2, 0.25) is 0 Å². The Bertz CT molecular complexity index is 1100. The normalized spacial score (nSPS) is 16.8. The van der Waals surface area contributed by atoms with Gasteiger partial charge in [-0.15, -0.1) is 0 Å². The lowest BCUT2D eigenvalue weighted by atomic mass is 10.0. The summed E-state index contributed by atoms with van der Waals surface area (Å²) in [7, 11) is -3.59. The number of anilines is 1. The summed E-state index contributed by atoms with van der Waals surface area (Å²) in [5, 5.41) is 0. The second-order valence-electron chi connectivity index (χ2n) is 7.86. The van der Waals surface area contributed by atoms with E-state index in [4.69, 9.17) is 0 Å². The maximum Gasteiger partial charge on any atom is 0.264 e. The first-order valence-corrected chi connectivity index (χ1v) is 11.9. The lowest BCUT2D eigenvalue weighted by Crippen LogP contribution is -2.26. The van der Waals surface area contributed by atoms with Crippen molar-refractivity contribution in [3.05, 3.63) is 70.3 Å². The Balaban J connectivity index is 1.73. The molecule has 1 aliphatic rings. The molecule has 1 aliphatic heterocycles. The van der Waals surface area contributed by atoms with Crippen molar-refractivity contribution >= 4 is 26.5 Å². The molecule has 0 saturated carbocycles. The molecule has 160 valence electrons. The van der Waals surface area contributed by atoms with Crippen molar-refractivity contribution in [3.8, 4) is 0 Å². The molecule has 30 heavy (non-hydrogen) atoms. The highest BCUT2D eigenvalue weighted by Crippen LogP contribution is 2.30. The highest BCUT2D eigenvalue weighted by Gasteiger charge is 2.32. The Morgan fingerprint density at radius 3 is 2.43 bits per heavy atom. The molecular formula is C24H31N3O2S. The second-order valence-corrected chi connectivity index (χ2v) is 9.48. The number of nitrogens with one attached hydrogen (secondary N) is 1. The summed E-state index contributed by atoms with van der Waals surface area (Å²) in [6.07, 6.45) is 0.846. The molecule has 0 aromatic heterocycles. The SMILES string of the molecule is CCN(CCCN=C1NS(=O)(=O)C(c2ccc(C)c(C)c2)=C1C)c1cccc(C)c1. The summed E-state index contributed by atoms with van der Waals surface area (Å²) in [5.74, 6) is 0.460. The van der Waals surface area contributed by atoms with Crippen molar-refractivity contribution in [1.82, 2.24) is 4.72 Å². The molecule has 3 rings (SSSR count). The second kappa shape index (κ2) is 9.04. The van der Waals surface area contributed by atoms with Crippen LogP contribution in [0.15, 0.2) is 53.0 Å². The number of aliphatic imine (C=N–C) groups is 1. The highest BCUT2D eigenvalue weighted by atomic mass is 32.2. The van der Waals surface area contributed by atoms with Gasteiger partial charge < -0.3 is 4.90 Å². The van der Waals surface area contributed by atoms with Gasteiger partial charge in [0.1, 0.15) is 10.7 Å². The molecule has 0 atom stereocenters. The lowest BCUT2D eigenvalue weighted by molar-refractivity contribution is 0.603. The topological polar surface area (TPSA) is 61.8 Å². The number of benzene rings is 2. The molecule has 2 aromatic carbocycles. The van der Waals surface area contributed by atoms with Crippen molar-refractivity contribution in [2.45, 2.75) is 41.0 Å². The maximum atomic E-state index is 12.7. The largest absolute Gasteiger partial charge is 0.372 e. The van der Waals surface area contributed by atoms with Gasteiger partial charge in [-0.2, -0.15) is 0 Å². The average molecular weight is 426 g/mol. The van der Waals surface area contributed by atoms with E-state index in [1.807, 2.05) is 39.0 Å². The van der Waals surface area contributed by atoms with E-state index in [-0.39, 0.29) is 0 Å². The zero-order valence-electron chi connectivity index (χ0n) is 18.5. The number of sulfonamides is 1. The number of nitrogens with zero attached hydrogens (tertiary/aromatic N) is 2. The fourth-order valence-electron chi connectivity index (χ4n) is 3.72. The van der Waals surface area contributed by atoms with Crippen LogP contribution in [0.5, 0.6) is 0 Å². The molecule has 0 spiro atoms. The Morgan fingerprint density at radius 2 is 1.77 bits per heavy atom. The van der Waals surface area contributed by atoms with Crippen LogP contribution < -0.4 is 9.62 Å². The number of hydrogen-bond donors (Lipinski definition) is 1. The predicted molar refractivity (Wildman–Crippen MR) is 127 cm³/mol. The minimum atomic E-state index is -3.59. The Hall–Kier alpha value is -2.60. The molecule has 0 fully saturated rings.